The van der Waals surface area contributed by atoms with Crippen molar-refractivity contribution in [2.45, 2.75) is 24.9 Å². The number of aliphatic carboxylic acids is 1. The van der Waals surface area contributed by atoms with Gasteiger partial charge in [-0.15, -0.1) is 0 Å². The van der Waals surface area contributed by atoms with Crippen LogP contribution in [0.15, 0.2) is 24.3 Å². The van der Waals surface area contributed by atoms with Gasteiger partial charge in [-0.2, -0.15) is 26.3 Å². The first-order valence-electron chi connectivity index (χ1n) is 6.27. The molecule has 0 saturated heterocycles. The molecule has 0 aliphatic heterocycles. The number of halogens is 6. The van der Waals surface area contributed by atoms with Crippen molar-refractivity contribution < 1.29 is 41.4 Å². The molecule has 0 radical (unpaired) electrons. The van der Waals surface area contributed by atoms with Crippen LogP contribution >= 0.6 is 0 Å². The fourth-order valence-electron chi connectivity index (χ4n) is 1.95. The number of likely N-dealkylation sites (N-methyl/N-ethyl adjacent to an activating group) is 1. The van der Waals surface area contributed by atoms with E-state index in [2.05, 4.69) is 0 Å². The molecule has 10 heteroatoms. The molecular weight excluding hydrogens is 332 g/mol. The van der Waals surface area contributed by atoms with Crippen molar-refractivity contribution in [1.82, 2.24) is 0 Å². The quantitative estimate of drug-likeness (QED) is 0.806. The monoisotopic (exact) mass is 345 g/mol. The fraction of sp³-hybridized carbons (Fsp3) is 0.462. The highest BCUT2D eigenvalue weighted by atomic mass is 19.4. The van der Waals surface area contributed by atoms with Crippen molar-refractivity contribution in [3.05, 3.63) is 29.8 Å². The summed E-state index contributed by atoms with van der Waals surface area (Å²) >= 11 is 0. The summed E-state index contributed by atoms with van der Waals surface area (Å²) in [4.78, 5) is 11.9. The van der Waals surface area contributed by atoms with E-state index in [-0.39, 0.29) is 12.2 Å². The van der Waals surface area contributed by atoms with Crippen LogP contribution in [-0.2, 0) is 10.4 Å². The molecular formula is C13H13F6NO3. The molecule has 0 saturated carbocycles. The number of aliphatic hydroxyl groups is 1. The zero-order valence-electron chi connectivity index (χ0n) is 11.7. The lowest BCUT2D eigenvalue weighted by molar-refractivity contribution is -0.376. The molecule has 0 atom stereocenters. The Morgan fingerprint density at radius 3 is 1.78 bits per heavy atom. The Hall–Kier alpha value is -1.97. The second-order valence-corrected chi connectivity index (χ2v) is 4.66. The van der Waals surface area contributed by atoms with E-state index in [1.165, 1.54) is 4.90 Å². The van der Waals surface area contributed by atoms with Crippen molar-refractivity contribution in [2.75, 3.05) is 18.0 Å². The highest BCUT2D eigenvalue weighted by Crippen LogP contribution is 2.50. The van der Waals surface area contributed by atoms with Crippen LogP contribution < -0.4 is 4.90 Å². The smallest absolute Gasteiger partial charge is 0.430 e. The fourth-order valence-corrected chi connectivity index (χ4v) is 1.95. The highest BCUT2D eigenvalue weighted by Gasteiger charge is 2.71. The standard InChI is InChI=1S/C13H13F6NO3/c1-2-20(7-10(21)22)9-5-3-8(4-6-9)11(23,12(14,15)16)13(17,18)19/h3-6,23H,2,7H2,1H3,(H,21,22). The number of hydrogen-bond donors (Lipinski definition) is 2. The minimum Gasteiger partial charge on any atom is -0.480 e. The molecule has 4 nitrogen and oxygen atoms in total. The summed E-state index contributed by atoms with van der Waals surface area (Å²) in [6.07, 6.45) is -11.9. The third kappa shape index (κ3) is 3.69. The highest BCUT2D eigenvalue weighted by molar-refractivity contribution is 5.73. The lowest BCUT2D eigenvalue weighted by atomic mass is 9.92. The Balaban J connectivity index is 3.27. The molecule has 1 aromatic rings. The van der Waals surface area contributed by atoms with Crippen molar-refractivity contribution >= 4 is 11.7 Å². The minimum atomic E-state index is -5.96. The van der Waals surface area contributed by atoms with E-state index >= 15 is 0 Å². The van der Waals surface area contributed by atoms with Crippen LogP contribution in [0, 0.1) is 0 Å². The lowest BCUT2D eigenvalue weighted by Gasteiger charge is -2.33. The summed E-state index contributed by atoms with van der Waals surface area (Å²) < 4.78 is 76.4. The van der Waals surface area contributed by atoms with Crippen molar-refractivity contribution in [1.29, 1.82) is 0 Å². The van der Waals surface area contributed by atoms with Crippen LogP contribution in [-0.4, -0.2) is 41.6 Å². The van der Waals surface area contributed by atoms with E-state index < -0.39 is 36.0 Å². The van der Waals surface area contributed by atoms with E-state index in [9.17, 15) is 36.2 Å². The van der Waals surface area contributed by atoms with E-state index in [4.69, 9.17) is 5.11 Å². The number of anilines is 1. The van der Waals surface area contributed by atoms with E-state index in [0.717, 1.165) is 12.1 Å². The van der Waals surface area contributed by atoms with Gasteiger partial charge >= 0.3 is 18.3 Å². The molecule has 0 amide bonds. The summed E-state index contributed by atoms with van der Waals surface area (Å²) in [5, 5.41) is 17.9. The zero-order valence-corrected chi connectivity index (χ0v) is 11.7. The predicted molar refractivity (Wildman–Crippen MR) is 68.0 cm³/mol. The molecule has 0 aliphatic rings. The molecule has 130 valence electrons. The van der Waals surface area contributed by atoms with Crippen LogP contribution in [0.25, 0.3) is 0 Å². The van der Waals surface area contributed by atoms with Gasteiger partial charge in [0, 0.05) is 17.8 Å². The Morgan fingerprint density at radius 2 is 1.48 bits per heavy atom. The summed E-state index contributed by atoms with van der Waals surface area (Å²) in [5.41, 5.74) is -6.28. The Morgan fingerprint density at radius 1 is 1.04 bits per heavy atom. The largest absolute Gasteiger partial charge is 0.480 e. The summed E-state index contributed by atoms with van der Waals surface area (Å²) in [6.45, 7) is 1.27. The summed E-state index contributed by atoms with van der Waals surface area (Å²) in [5.74, 6) is -1.21. The van der Waals surface area contributed by atoms with Crippen LogP contribution in [0.3, 0.4) is 0 Å². The van der Waals surface area contributed by atoms with Gasteiger partial charge in [-0.05, 0) is 19.1 Å². The number of alkyl halides is 6. The van der Waals surface area contributed by atoms with Crippen molar-refractivity contribution in [2.24, 2.45) is 0 Å². The number of benzene rings is 1. The first-order chi connectivity index (χ1) is 10.3. The molecule has 23 heavy (non-hydrogen) atoms. The number of carboxylic acid groups (broad SMARTS) is 1. The van der Waals surface area contributed by atoms with Gasteiger partial charge in [0.05, 0.1) is 0 Å². The first-order valence-corrected chi connectivity index (χ1v) is 6.27. The zero-order chi connectivity index (χ0) is 18.1. The molecule has 0 bridgehead atoms. The topological polar surface area (TPSA) is 60.8 Å². The van der Waals surface area contributed by atoms with Crippen LogP contribution in [0.5, 0.6) is 0 Å². The molecule has 1 aromatic carbocycles. The molecule has 2 N–H and O–H groups in total. The van der Waals surface area contributed by atoms with Crippen molar-refractivity contribution in [3.63, 3.8) is 0 Å². The van der Waals surface area contributed by atoms with Gasteiger partial charge in [0.15, 0.2) is 0 Å². The lowest BCUT2D eigenvalue weighted by Crippen LogP contribution is -2.53. The van der Waals surface area contributed by atoms with Crippen LogP contribution in [0.1, 0.15) is 12.5 Å². The van der Waals surface area contributed by atoms with E-state index in [0.29, 0.717) is 12.1 Å². The average Bonchev–Trinajstić information content (AvgIpc) is 2.41. The van der Waals surface area contributed by atoms with Crippen LogP contribution in [0.4, 0.5) is 32.0 Å². The molecule has 0 spiro atoms. The van der Waals surface area contributed by atoms with Gasteiger partial charge in [0.25, 0.3) is 5.60 Å². The van der Waals surface area contributed by atoms with Gasteiger partial charge in [0.2, 0.25) is 0 Å². The minimum absolute atomic E-state index is 0.116. The second-order valence-electron chi connectivity index (χ2n) is 4.66. The number of rotatable bonds is 5. The maximum atomic E-state index is 12.7. The van der Waals surface area contributed by atoms with Gasteiger partial charge in [-0.3, -0.25) is 4.79 Å². The number of carbonyl (C=O) groups is 1. The number of hydrogen-bond acceptors (Lipinski definition) is 3. The SMILES string of the molecule is CCN(CC(=O)O)c1ccc(C(O)(C(F)(F)F)C(F)(F)F)cc1. The first kappa shape index (κ1) is 19.1. The van der Waals surface area contributed by atoms with E-state index in [1.807, 2.05) is 0 Å². The van der Waals surface area contributed by atoms with Gasteiger partial charge < -0.3 is 15.1 Å². The van der Waals surface area contributed by atoms with Crippen LogP contribution in [0.2, 0.25) is 0 Å². The Labute approximate surface area is 126 Å². The van der Waals surface area contributed by atoms with Crippen molar-refractivity contribution in [3.8, 4) is 0 Å². The average molecular weight is 345 g/mol. The molecule has 0 heterocycles. The van der Waals surface area contributed by atoms with Gasteiger partial charge in [-0.1, -0.05) is 12.1 Å². The summed E-state index contributed by atoms with van der Waals surface area (Å²) in [6, 6.07) is 2.73. The second kappa shape index (κ2) is 6.26. The predicted octanol–water partition coefficient (Wildman–Crippen LogP) is 2.91. The maximum absolute atomic E-state index is 12.7. The number of nitrogens with zero attached hydrogens (tertiary/aromatic N) is 1. The van der Waals surface area contributed by atoms with Gasteiger partial charge in [0.1, 0.15) is 6.54 Å². The molecule has 0 unspecified atom stereocenters. The molecule has 0 aromatic heterocycles. The maximum Gasteiger partial charge on any atom is 0.430 e. The third-order valence-electron chi connectivity index (χ3n) is 3.18. The number of carboxylic acids is 1. The Bertz CT molecular complexity index is 538. The van der Waals surface area contributed by atoms with E-state index in [1.54, 1.807) is 6.92 Å². The Kier molecular flexibility index (Phi) is 5.20. The normalized spacial score (nSPS) is 13.0. The molecule has 1 rings (SSSR count). The molecule has 0 fully saturated rings. The summed E-state index contributed by atoms with van der Waals surface area (Å²) in [7, 11) is 0. The third-order valence-corrected chi connectivity index (χ3v) is 3.18. The van der Waals surface area contributed by atoms with Gasteiger partial charge in [-0.25, -0.2) is 0 Å². The molecule has 0 aliphatic carbocycles.